The second-order valence-electron chi connectivity index (χ2n) is 4.82. The van der Waals surface area contributed by atoms with E-state index in [1.807, 2.05) is 0 Å². The average molecular weight is 238 g/mol. The lowest BCUT2D eigenvalue weighted by molar-refractivity contribution is -0.143. The number of carboxylic acids is 1. The molecule has 5 nitrogen and oxygen atoms in total. The highest BCUT2D eigenvalue weighted by Gasteiger charge is 2.29. The Morgan fingerprint density at radius 1 is 1.53 bits per heavy atom. The largest absolute Gasteiger partial charge is 0.481 e. The summed E-state index contributed by atoms with van der Waals surface area (Å²) in [5.41, 5.74) is -0.715. The molecule has 5 heteroatoms. The number of nitrogens with zero attached hydrogens (tertiary/aromatic N) is 1. The fourth-order valence-corrected chi connectivity index (χ4v) is 1.75. The number of amides is 2. The number of aliphatic carboxylic acids is 1. The van der Waals surface area contributed by atoms with Crippen LogP contribution in [0, 0.1) is 18.3 Å². The van der Waals surface area contributed by atoms with Crippen LogP contribution in [0.25, 0.3) is 0 Å². The number of urea groups is 1. The van der Waals surface area contributed by atoms with E-state index < -0.39 is 17.4 Å². The van der Waals surface area contributed by atoms with E-state index in [0.29, 0.717) is 19.4 Å². The third kappa shape index (κ3) is 3.66. The summed E-state index contributed by atoms with van der Waals surface area (Å²) in [6.07, 6.45) is 6.61. The summed E-state index contributed by atoms with van der Waals surface area (Å²) in [6, 6.07) is -0.293. The minimum absolute atomic E-state index is 0.252. The number of hydrogen-bond donors (Lipinski definition) is 2. The summed E-state index contributed by atoms with van der Waals surface area (Å²) in [6.45, 7) is 4.28. The Hall–Kier alpha value is -1.70. The van der Waals surface area contributed by atoms with Crippen molar-refractivity contribution in [3.8, 4) is 12.3 Å². The van der Waals surface area contributed by atoms with Gasteiger partial charge in [-0.2, -0.15) is 0 Å². The predicted molar refractivity (Wildman–Crippen MR) is 63.4 cm³/mol. The van der Waals surface area contributed by atoms with Gasteiger partial charge >= 0.3 is 12.0 Å². The van der Waals surface area contributed by atoms with Crippen LogP contribution in [0.1, 0.15) is 26.7 Å². The van der Waals surface area contributed by atoms with Crippen molar-refractivity contribution in [1.29, 1.82) is 0 Å². The third-order valence-corrected chi connectivity index (χ3v) is 2.84. The van der Waals surface area contributed by atoms with E-state index in [2.05, 4.69) is 11.2 Å². The molecule has 1 aliphatic heterocycles. The first kappa shape index (κ1) is 13.4. The zero-order chi connectivity index (χ0) is 13.1. The maximum Gasteiger partial charge on any atom is 0.318 e. The van der Waals surface area contributed by atoms with Gasteiger partial charge < -0.3 is 15.3 Å². The molecule has 0 radical (unpaired) electrons. The number of carbonyl (C=O) groups excluding carboxylic acids is 1. The number of piperidine rings is 1. The predicted octanol–water partition coefficient (Wildman–Crippen LogP) is 0.904. The molecule has 0 aliphatic carbocycles. The lowest BCUT2D eigenvalue weighted by Crippen LogP contribution is -2.52. The van der Waals surface area contributed by atoms with Crippen LogP contribution < -0.4 is 5.32 Å². The lowest BCUT2D eigenvalue weighted by Gasteiger charge is -2.33. The number of rotatable bonds is 2. The van der Waals surface area contributed by atoms with E-state index >= 15 is 0 Å². The Morgan fingerprint density at radius 3 is 2.71 bits per heavy atom. The molecule has 0 spiro atoms. The minimum Gasteiger partial charge on any atom is -0.481 e. The second-order valence-corrected chi connectivity index (χ2v) is 4.82. The summed E-state index contributed by atoms with van der Waals surface area (Å²) in [5.74, 6) is 1.15. The number of nitrogens with one attached hydrogen (secondary N) is 1. The van der Waals surface area contributed by atoms with E-state index in [-0.39, 0.29) is 12.6 Å². The maximum atomic E-state index is 11.9. The molecule has 1 fully saturated rings. The Balaban J connectivity index is 2.59. The van der Waals surface area contributed by atoms with Crippen molar-refractivity contribution in [3.05, 3.63) is 0 Å². The van der Waals surface area contributed by atoms with Crippen molar-refractivity contribution in [3.63, 3.8) is 0 Å². The smallest absolute Gasteiger partial charge is 0.318 e. The molecule has 1 rings (SSSR count). The van der Waals surface area contributed by atoms with Crippen LogP contribution in [-0.2, 0) is 4.79 Å². The quantitative estimate of drug-likeness (QED) is 0.702. The number of carbonyl (C=O) groups is 2. The topological polar surface area (TPSA) is 69.6 Å². The van der Waals surface area contributed by atoms with Gasteiger partial charge in [-0.25, -0.2) is 4.79 Å². The van der Waals surface area contributed by atoms with Crippen molar-refractivity contribution in [2.45, 2.75) is 32.2 Å². The number of hydrogen-bond acceptors (Lipinski definition) is 2. The van der Waals surface area contributed by atoms with Crippen LogP contribution in [-0.4, -0.2) is 40.6 Å². The van der Waals surface area contributed by atoms with Crippen LogP contribution in [0.4, 0.5) is 4.79 Å². The van der Waals surface area contributed by atoms with Crippen molar-refractivity contribution >= 4 is 12.0 Å². The first-order valence-corrected chi connectivity index (χ1v) is 5.63. The fourth-order valence-electron chi connectivity index (χ4n) is 1.75. The zero-order valence-electron chi connectivity index (χ0n) is 10.2. The first-order valence-electron chi connectivity index (χ1n) is 5.63. The molecule has 94 valence electrons. The van der Waals surface area contributed by atoms with Gasteiger partial charge in [0.15, 0.2) is 0 Å². The SMILES string of the molecule is C#CC(C)(C)NC(=O)N1CCC[C@H](C(=O)O)C1. The van der Waals surface area contributed by atoms with E-state index in [4.69, 9.17) is 11.5 Å². The van der Waals surface area contributed by atoms with Gasteiger partial charge in [-0.1, -0.05) is 5.92 Å². The molecule has 1 aliphatic rings. The summed E-state index contributed by atoms with van der Waals surface area (Å²) in [4.78, 5) is 24.3. The highest BCUT2D eigenvalue weighted by Crippen LogP contribution is 2.17. The molecule has 0 aromatic heterocycles. The van der Waals surface area contributed by atoms with Gasteiger partial charge in [0.2, 0.25) is 0 Å². The molecule has 17 heavy (non-hydrogen) atoms. The van der Waals surface area contributed by atoms with E-state index in [9.17, 15) is 9.59 Å². The van der Waals surface area contributed by atoms with Crippen LogP contribution in [0.3, 0.4) is 0 Å². The second kappa shape index (κ2) is 5.09. The molecule has 2 N–H and O–H groups in total. The van der Waals surface area contributed by atoms with Crippen molar-refractivity contribution in [2.24, 2.45) is 5.92 Å². The van der Waals surface area contributed by atoms with Gasteiger partial charge in [0.1, 0.15) is 0 Å². The summed E-state index contributed by atoms with van der Waals surface area (Å²) < 4.78 is 0. The van der Waals surface area contributed by atoms with Crippen LogP contribution in [0.2, 0.25) is 0 Å². The van der Waals surface area contributed by atoms with Crippen molar-refractivity contribution in [2.75, 3.05) is 13.1 Å². The third-order valence-electron chi connectivity index (χ3n) is 2.84. The van der Waals surface area contributed by atoms with E-state index in [1.165, 1.54) is 4.90 Å². The number of carboxylic acid groups (broad SMARTS) is 1. The Kier molecular flexibility index (Phi) is 4.00. The van der Waals surface area contributed by atoms with Gasteiger partial charge in [-0.15, -0.1) is 6.42 Å². The van der Waals surface area contributed by atoms with Gasteiger partial charge in [-0.05, 0) is 26.7 Å². The molecule has 2 amide bonds. The highest BCUT2D eigenvalue weighted by atomic mass is 16.4. The summed E-state index contributed by atoms with van der Waals surface area (Å²) >= 11 is 0. The van der Waals surface area contributed by atoms with Crippen molar-refractivity contribution in [1.82, 2.24) is 10.2 Å². The van der Waals surface area contributed by atoms with Crippen LogP contribution in [0.5, 0.6) is 0 Å². The molecule has 1 heterocycles. The number of terminal acetylenes is 1. The fraction of sp³-hybridized carbons (Fsp3) is 0.667. The zero-order valence-corrected chi connectivity index (χ0v) is 10.2. The van der Waals surface area contributed by atoms with Gasteiger partial charge in [-0.3, -0.25) is 4.79 Å². The molecule has 0 aromatic carbocycles. The maximum absolute atomic E-state index is 11.9. The Labute approximate surface area is 101 Å². The Bertz CT molecular complexity index is 357. The molecule has 0 unspecified atom stereocenters. The van der Waals surface area contributed by atoms with Gasteiger partial charge in [0, 0.05) is 13.1 Å². The van der Waals surface area contributed by atoms with E-state index in [0.717, 1.165) is 0 Å². The standard InChI is InChI=1S/C12H18N2O3/c1-4-12(2,3)13-11(17)14-7-5-6-9(8-14)10(15)16/h1,9H,5-8H2,2-3H3,(H,13,17)(H,15,16)/t9-/m0/s1. The highest BCUT2D eigenvalue weighted by molar-refractivity contribution is 5.77. The minimum atomic E-state index is -0.848. The van der Waals surface area contributed by atoms with Gasteiger partial charge in [0.25, 0.3) is 0 Å². The summed E-state index contributed by atoms with van der Waals surface area (Å²) in [5, 5.41) is 11.6. The van der Waals surface area contributed by atoms with Crippen LogP contribution >= 0.6 is 0 Å². The molecular formula is C12H18N2O3. The first-order chi connectivity index (χ1) is 7.85. The van der Waals surface area contributed by atoms with Gasteiger partial charge in [0.05, 0.1) is 11.5 Å². The summed E-state index contributed by atoms with van der Waals surface area (Å²) in [7, 11) is 0. The number of likely N-dealkylation sites (tertiary alicyclic amines) is 1. The molecule has 0 saturated carbocycles. The van der Waals surface area contributed by atoms with E-state index in [1.54, 1.807) is 13.8 Å². The Morgan fingerprint density at radius 2 is 2.18 bits per heavy atom. The van der Waals surface area contributed by atoms with Crippen LogP contribution in [0.15, 0.2) is 0 Å². The monoisotopic (exact) mass is 238 g/mol. The molecular weight excluding hydrogens is 220 g/mol. The normalized spacial score (nSPS) is 20.5. The molecule has 0 aromatic rings. The lowest BCUT2D eigenvalue weighted by atomic mass is 9.98. The average Bonchev–Trinajstić information content (AvgIpc) is 2.28. The molecule has 1 saturated heterocycles. The molecule has 1 atom stereocenters. The molecule has 0 bridgehead atoms. The van der Waals surface area contributed by atoms with Crippen molar-refractivity contribution < 1.29 is 14.7 Å².